The Labute approximate surface area is 116 Å². The molecule has 0 aromatic carbocycles. The Balaban J connectivity index is 1.76. The molecule has 0 aromatic heterocycles. The van der Waals surface area contributed by atoms with Crippen LogP contribution in [0.2, 0.25) is 0 Å². The summed E-state index contributed by atoms with van der Waals surface area (Å²) in [7, 11) is 0. The van der Waals surface area contributed by atoms with Crippen molar-refractivity contribution < 1.29 is 4.74 Å². The Morgan fingerprint density at radius 1 is 1.42 bits per heavy atom. The lowest BCUT2D eigenvalue weighted by Gasteiger charge is -2.17. The molecule has 0 fully saturated rings. The molecule has 1 heterocycles. The zero-order chi connectivity index (χ0) is 13.3. The maximum atomic E-state index is 5.31. The first-order valence-electron chi connectivity index (χ1n) is 7.34. The van der Waals surface area contributed by atoms with Crippen molar-refractivity contribution in [2.24, 2.45) is 4.99 Å². The molecule has 0 unspecified atom stereocenters. The highest BCUT2D eigenvalue weighted by atomic mass is 16.5. The molecule has 0 aromatic rings. The average Bonchev–Trinajstić information content (AvgIpc) is 2.93. The van der Waals surface area contributed by atoms with Gasteiger partial charge in [0.15, 0.2) is 5.96 Å². The van der Waals surface area contributed by atoms with Crippen molar-refractivity contribution in [1.82, 2.24) is 10.6 Å². The van der Waals surface area contributed by atoms with E-state index in [-0.39, 0.29) is 0 Å². The first kappa shape index (κ1) is 14.1. The van der Waals surface area contributed by atoms with E-state index in [1.165, 1.54) is 5.57 Å². The molecule has 0 radical (unpaired) electrons. The minimum Gasteiger partial charge on any atom is -0.377 e. The molecule has 0 amide bonds. The van der Waals surface area contributed by atoms with Crippen LogP contribution in [-0.2, 0) is 4.74 Å². The van der Waals surface area contributed by atoms with Crippen LogP contribution in [0.25, 0.3) is 0 Å². The van der Waals surface area contributed by atoms with Crippen LogP contribution in [0, 0.1) is 0 Å². The van der Waals surface area contributed by atoms with Gasteiger partial charge in [0, 0.05) is 19.1 Å². The fourth-order valence-electron chi connectivity index (χ4n) is 2.35. The maximum Gasteiger partial charge on any atom is 0.191 e. The van der Waals surface area contributed by atoms with Crippen molar-refractivity contribution in [2.75, 3.05) is 26.3 Å². The van der Waals surface area contributed by atoms with Gasteiger partial charge in [-0.1, -0.05) is 23.8 Å². The molecule has 2 N–H and O–H groups in total. The molecule has 0 spiro atoms. The number of rotatable bonds is 5. The molecule has 0 saturated carbocycles. The van der Waals surface area contributed by atoms with Crippen molar-refractivity contribution in [3.63, 3.8) is 0 Å². The van der Waals surface area contributed by atoms with Gasteiger partial charge in [-0.2, -0.15) is 0 Å². The van der Waals surface area contributed by atoms with Gasteiger partial charge in [0.2, 0.25) is 0 Å². The molecular weight excluding hydrogens is 238 g/mol. The van der Waals surface area contributed by atoms with E-state index in [2.05, 4.69) is 40.8 Å². The van der Waals surface area contributed by atoms with Crippen molar-refractivity contribution >= 4 is 5.96 Å². The van der Waals surface area contributed by atoms with E-state index in [4.69, 9.17) is 4.74 Å². The molecule has 1 aliphatic carbocycles. The van der Waals surface area contributed by atoms with E-state index in [9.17, 15) is 0 Å². The third kappa shape index (κ3) is 5.07. The molecule has 2 rings (SSSR count). The van der Waals surface area contributed by atoms with Gasteiger partial charge in [-0.25, -0.2) is 0 Å². The SMILES string of the molecule is CCNC(=NCCC1=CCOCC1)NC1CC=CC1. The van der Waals surface area contributed by atoms with Crippen molar-refractivity contribution in [1.29, 1.82) is 0 Å². The van der Waals surface area contributed by atoms with Crippen LogP contribution in [-0.4, -0.2) is 38.3 Å². The molecule has 4 nitrogen and oxygen atoms in total. The largest absolute Gasteiger partial charge is 0.377 e. The second kappa shape index (κ2) is 8.00. The number of aliphatic imine (C=N–C) groups is 1. The third-order valence-corrected chi connectivity index (χ3v) is 3.45. The molecule has 106 valence electrons. The summed E-state index contributed by atoms with van der Waals surface area (Å²) in [5, 5.41) is 6.80. The van der Waals surface area contributed by atoms with Crippen molar-refractivity contribution in [2.45, 2.75) is 38.6 Å². The number of nitrogens with zero attached hydrogens (tertiary/aromatic N) is 1. The monoisotopic (exact) mass is 263 g/mol. The summed E-state index contributed by atoms with van der Waals surface area (Å²) in [6.45, 7) is 5.49. The van der Waals surface area contributed by atoms with Gasteiger partial charge in [-0.3, -0.25) is 4.99 Å². The predicted octanol–water partition coefficient (Wildman–Crippen LogP) is 2.00. The smallest absolute Gasteiger partial charge is 0.191 e. The van der Waals surface area contributed by atoms with Crippen LogP contribution in [0.3, 0.4) is 0 Å². The maximum absolute atomic E-state index is 5.31. The number of guanidine groups is 1. The molecular formula is C15H25N3O. The minimum absolute atomic E-state index is 0.514. The first-order valence-corrected chi connectivity index (χ1v) is 7.34. The summed E-state index contributed by atoms with van der Waals surface area (Å²) in [5.74, 6) is 0.948. The molecule has 19 heavy (non-hydrogen) atoms. The number of hydrogen-bond donors (Lipinski definition) is 2. The van der Waals surface area contributed by atoms with E-state index in [1.807, 2.05) is 0 Å². The zero-order valence-corrected chi connectivity index (χ0v) is 11.8. The minimum atomic E-state index is 0.514. The molecule has 1 aliphatic heterocycles. The second-order valence-electron chi connectivity index (χ2n) is 4.98. The van der Waals surface area contributed by atoms with Gasteiger partial charge < -0.3 is 15.4 Å². The lowest BCUT2D eigenvalue weighted by Crippen LogP contribution is -2.42. The van der Waals surface area contributed by atoms with Crippen LogP contribution < -0.4 is 10.6 Å². The fourth-order valence-corrected chi connectivity index (χ4v) is 2.35. The lowest BCUT2D eigenvalue weighted by molar-refractivity contribution is 0.153. The highest BCUT2D eigenvalue weighted by Gasteiger charge is 2.11. The van der Waals surface area contributed by atoms with Gasteiger partial charge in [0.25, 0.3) is 0 Å². The highest BCUT2D eigenvalue weighted by molar-refractivity contribution is 5.80. The molecule has 0 atom stereocenters. The standard InChI is InChI=1S/C15H25N3O/c1-2-16-15(18-14-5-3-4-6-14)17-10-7-13-8-11-19-12-9-13/h3-4,8,14H,2,5-7,9-12H2,1H3,(H2,16,17,18). The Morgan fingerprint density at radius 3 is 2.95 bits per heavy atom. The quantitative estimate of drug-likeness (QED) is 0.453. The molecule has 4 heteroatoms. The Morgan fingerprint density at radius 2 is 2.26 bits per heavy atom. The van der Waals surface area contributed by atoms with Crippen LogP contribution in [0.5, 0.6) is 0 Å². The van der Waals surface area contributed by atoms with Crippen molar-refractivity contribution in [3.05, 3.63) is 23.8 Å². The fraction of sp³-hybridized carbons (Fsp3) is 0.667. The van der Waals surface area contributed by atoms with Crippen LogP contribution in [0.1, 0.15) is 32.6 Å². The molecule has 0 saturated heterocycles. The van der Waals surface area contributed by atoms with Crippen LogP contribution in [0.4, 0.5) is 0 Å². The van der Waals surface area contributed by atoms with E-state index >= 15 is 0 Å². The summed E-state index contributed by atoms with van der Waals surface area (Å²) in [6.07, 6.45) is 11.0. The Hall–Kier alpha value is -1.29. The molecule has 2 aliphatic rings. The second-order valence-corrected chi connectivity index (χ2v) is 4.98. The Kier molecular flexibility index (Phi) is 5.95. The van der Waals surface area contributed by atoms with E-state index < -0.39 is 0 Å². The Bertz CT molecular complexity index is 352. The normalized spacial score (nSPS) is 20.5. The summed E-state index contributed by atoms with van der Waals surface area (Å²) in [5.41, 5.74) is 1.48. The highest BCUT2D eigenvalue weighted by Crippen LogP contribution is 2.12. The van der Waals surface area contributed by atoms with E-state index in [1.54, 1.807) is 0 Å². The number of hydrogen-bond acceptors (Lipinski definition) is 2. The lowest BCUT2D eigenvalue weighted by atomic mass is 10.1. The van der Waals surface area contributed by atoms with Crippen LogP contribution >= 0.6 is 0 Å². The first-order chi connectivity index (χ1) is 9.38. The summed E-state index contributed by atoms with van der Waals surface area (Å²) in [4.78, 5) is 4.66. The third-order valence-electron chi connectivity index (χ3n) is 3.45. The summed E-state index contributed by atoms with van der Waals surface area (Å²) in [6, 6.07) is 0.514. The zero-order valence-electron chi connectivity index (χ0n) is 11.8. The summed E-state index contributed by atoms with van der Waals surface area (Å²) < 4.78 is 5.31. The topological polar surface area (TPSA) is 45.7 Å². The predicted molar refractivity (Wildman–Crippen MR) is 79.4 cm³/mol. The van der Waals surface area contributed by atoms with Crippen molar-refractivity contribution in [3.8, 4) is 0 Å². The van der Waals surface area contributed by atoms with E-state index in [0.29, 0.717) is 6.04 Å². The molecule has 0 bridgehead atoms. The number of nitrogens with one attached hydrogen (secondary N) is 2. The summed E-state index contributed by atoms with van der Waals surface area (Å²) >= 11 is 0. The van der Waals surface area contributed by atoms with Gasteiger partial charge in [-0.05, 0) is 32.6 Å². The number of ether oxygens (including phenoxy) is 1. The van der Waals surface area contributed by atoms with Gasteiger partial charge in [0.1, 0.15) is 0 Å². The average molecular weight is 263 g/mol. The van der Waals surface area contributed by atoms with Gasteiger partial charge in [-0.15, -0.1) is 0 Å². The van der Waals surface area contributed by atoms with Gasteiger partial charge in [0.05, 0.1) is 13.2 Å². The van der Waals surface area contributed by atoms with E-state index in [0.717, 1.165) is 57.9 Å². The van der Waals surface area contributed by atoms with Crippen LogP contribution in [0.15, 0.2) is 28.8 Å². The van der Waals surface area contributed by atoms with Gasteiger partial charge >= 0.3 is 0 Å².